The zero-order valence-electron chi connectivity index (χ0n) is 14.6. The normalized spacial score (nSPS) is 11.0. The van der Waals surface area contributed by atoms with Gasteiger partial charge in [0.05, 0.1) is 10.6 Å². The van der Waals surface area contributed by atoms with E-state index in [2.05, 4.69) is 5.32 Å². The van der Waals surface area contributed by atoms with Crippen molar-refractivity contribution in [3.8, 4) is 5.75 Å². The van der Waals surface area contributed by atoms with Crippen molar-refractivity contribution in [1.82, 2.24) is 0 Å². The Hall–Kier alpha value is -2.32. The molecule has 1 amide bonds. The summed E-state index contributed by atoms with van der Waals surface area (Å²) in [6.45, 7) is 1.25. The monoisotopic (exact) mass is 393 g/mol. The predicted molar refractivity (Wildman–Crippen MR) is 102 cm³/mol. The number of carbonyl (C=O) groups is 2. The molecule has 0 unspecified atom stereocenters. The van der Waals surface area contributed by atoms with E-state index in [1.54, 1.807) is 18.2 Å². The van der Waals surface area contributed by atoms with E-state index in [0.717, 1.165) is 11.2 Å². The molecule has 0 atom stereocenters. The number of carbonyl (C=O) groups excluding carboxylic acids is 2. The van der Waals surface area contributed by atoms with Crippen molar-refractivity contribution in [2.24, 2.45) is 0 Å². The maximum atomic E-state index is 12.3. The molecular weight excluding hydrogens is 374 g/mol. The minimum absolute atomic E-state index is 0.175. The number of anilines is 1. The van der Waals surface area contributed by atoms with E-state index in [0.29, 0.717) is 17.0 Å². The Kier molecular flexibility index (Phi) is 6.44. The number of amides is 1. The summed E-state index contributed by atoms with van der Waals surface area (Å²) < 4.78 is 28.3. The Morgan fingerprint density at radius 2 is 1.77 bits per heavy atom. The number of thioether (sulfide) groups is 1. The van der Waals surface area contributed by atoms with Gasteiger partial charge in [0.2, 0.25) is 5.91 Å². The molecule has 8 heteroatoms. The van der Waals surface area contributed by atoms with Crippen molar-refractivity contribution in [2.75, 3.05) is 24.4 Å². The smallest absolute Gasteiger partial charge is 0.221 e. The van der Waals surface area contributed by atoms with Gasteiger partial charge in [-0.25, -0.2) is 8.42 Å². The van der Waals surface area contributed by atoms with Crippen LogP contribution in [0.4, 0.5) is 5.69 Å². The number of hydrogen-bond acceptors (Lipinski definition) is 6. The zero-order valence-corrected chi connectivity index (χ0v) is 16.2. The first-order chi connectivity index (χ1) is 12.2. The van der Waals surface area contributed by atoms with Gasteiger partial charge in [-0.3, -0.25) is 9.59 Å². The minimum atomic E-state index is -3.27. The van der Waals surface area contributed by atoms with Crippen LogP contribution < -0.4 is 10.1 Å². The summed E-state index contributed by atoms with van der Waals surface area (Å²) in [7, 11) is -3.27. The Morgan fingerprint density at radius 1 is 1.12 bits per heavy atom. The number of hydrogen-bond donors (Lipinski definition) is 1. The van der Waals surface area contributed by atoms with Gasteiger partial charge in [0.1, 0.15) is 5.75 Å². The Bertz CT molecular complexity index is 921. The van der Waals surface area contributed by atoms with Crippen molar-refractivity contribution in [2.45, 2.75) is 16.7 Å². The lowest BCUT2D eigenvalue weighted by Gasteiger charge is -2.10. The first-order valence-corrected chi connectivity index (χ1v) is 10.7. The van der Waals surface area contributed by atoms with Gasteiger partial charge in [0.15, 0.2) is 22.2 Å². The highest BCUT2D eigenvalue weighted by Gasteiger charge is 2.12. The fourth-order valence-corrected chi connectivity index (χ4v) is 3.39. The number of ketones is 1. The summed E-state index contributed by atoms with van der Waals surface area (Å²) in [6.07, 6.45) is 2.98. The van der Waals surface area contributed by atoms with Crippen molar-refractivity contribution in [1.29, 1.82) is 0 Å². The molecule has 2 aromatic rings. The summed E-state index contributed by atoms with van der Waals surface area (Å²) >= 11 is 1.42. The number of nitrogens with one attached hydrogen (secondary N) is 1. The molecule has 0 spiro atoms. The first kappa shape index (κ1) is 20.0. The van der Waals surface area contributed by atoms with Crippen LogP contribution in [0.3, 0.4) is 0 Å². The summed E-state index contributed by atoms with van der Waals surface area (Å²) in [4.78, 5) is 24.5. The zero-order chi connectivity index (χ0) is 19.3. The van der Waals surface area contributed by atoms with E-state index in [4.69, 9.17) is 4.74 Å². The van der Waals surface area contributed by atoms with E-state index >= 15 is 0 Å². The number of sulfone groups is 1. The predicted octanol–water partition coefficient (Wildman–Crippen LogP) is 3.03. The van der Waals surface area contributed by atoms with Crippen LogP contribution in [0.5, 0.6) is 5.75 Å². The standard InChI is InChI=1S/C18H19NO5S2/c1-12(20)19-16-9-4-13(10-18(16)25-2)17(21)11-24-14-5-7-15(8-6-14)26(3,22)23/h4-10H,11H2,1-3H3,(H,19,20). The first-order valence-electron chi connectivity index (χ1n) is 7.62. The maximum Gasteiger partial charge on any atom is 0.221 e. The minimum Gasteiger partial charge on any atom is -0.485 e. The van der Waals surface area contributed by atoms with Gasteiger partial charge in [-0.05, 0) is 48.7 Å². The Morgan fingerprint density at radius 3 is 2.31 bits per heavy atom. The van der Waals surface area contributed by atoms with Crippen LogP contribution in [-0.2, 0) is 14.6 Å². The molecule has 0 aliphatic rings. The van der Waals surface area contributed by atoms with Gasteiger partial charge in [-0.1, -0.05) is 0 Å². The second-order valence-corrected chi connectivity index (χ2v) is 8.42. The van der Waals surface area contributed by atoms with Crippen LogP contribution in [0.15, 0.2) is 52.3 Å². The number of benzene rings is 2. The van der Waals surface area contributed by atoms with Crippen LogP contribution >= 0.6 is 11.8 Å². The molecular formula is C18H19NO5S2. The molecule has 26 heavy (non-hydrogen) atoms. The van der Waals surface area contributed by atoms with Gasteiger partial charge in [-0.2, -0.15) is 0 Å². The average molecular weight is 393 g/mol. The van der Waals surface area contributed by atoms with Crippen LogP contribution in [0, 0.1) is 0 Å². The van der Waals surface area contributed by atoms with Crippen LogP contribution in [0.2, 0.25) is 0 Å². The number of ether oxygens (including phenoxy) is 1. The fourth-order valence-electron chi connectivity index (χ4n) is 2.17. The molecule has 0 bridgehead atoms. The van der Waals surface area contributed by atoms with E-state index in [-0.39, 0.29) is 23.2 Å². The van der Waals surface area contributed by atoms with Crippen molar-refractivity contribution in [3.05, 3.63) is 48.0 Å². The molecule has 0 saturated carbocycles. The summed E-state index contributed by atoms with van der Waals surface area (Å²) in [6, 6.07) is 10.9. The van der Waals surface area contributed by atoms with Crippen molar-refractivity contribution >= 4 is 39.0 Å². The highest BCUT2D eigenvalue weighted by Crippen LogP contribution is 2.27. The third-order valence-corrected chi connectivity index (χ3v) is 5.36. The van der Waals surface area contributed by atoms with Crippen molar-refractivity contribution < 1.29 is 22.7 Å². The van der Waals surface area contributed by atoms with Gasteiger partial charge in [0.25, 0.3) is 0 Å². The van der Waals surface area contributed by atoms with E-state index in [1.165, 1.54) is 43.0 Å². The Labute approximate surface area is 156 Å². The molecule has 2 aromatic carbocycles. The van der Waals surface area contributed by atoms with Gasteiger partial charge in [0, 0.05) is 23.6 Å². The molecule has 0 aromatic heterocycles. The largest absolute Gasteiger partial charge is 0.485 e. The molecule has 138 valence electrons. The Balaban J connectivity index is 2.07. The average Bonchev–Trinajstić information content (AvgIpc) is 2.59. The highest BCUT2D eigenvalue weighted by molar-refractivity contribution is 7.98. The molecule has 6 nitrogen and oxygen atoms in total. The highest BCUT2D eigenvalue weighted by atomic mass is 32.2. The third kappa shape index (κ3) is 5.34. The maximum absolute atomic E-state index is 12.3. The van der Waals surface area contributed by atoms with Gasteiger partial charge >= 0.3 is 0 Å². The molecule has 0 heterocycles. The lowest BCUT2D eigenvalue weighted by atomic mass is 10.1. The topological polar surface area (TPSA) is 89.5 Å². The lowest BCUT2D eigenvalue weighted by Crippen LogP contribution is -2.13. The molecule has 0 saturated heterocycles. The summed E-state index contributed by atoms with van der Waals surface area (Å²) in [5, 5.41) is 2.71. The molecule has 2 rings (SSSR count). The van der Waals surface area contributed by atoms with Gasteiger partial charge in [-0.15, -0.1) is 11.8 Å². The molecule has 0 fully saturated rings. The van der Waals surface area contributed by atoms with Gasteiger partial charge < -0.3 is 10.1 Å². The second kappa shape index (κ2) is 8.37. The van der Waals surface area contributed by atoms with Crippen LogP contribution in [-0.4, -0.2) is 39.2 Å². The summed E-state index contributed by atoms with van der Waals surface area (Å²) in [5.74, 6) is 0.00724. The van der Waals surface area contributed by atoms with E-state index < -0.39 is 9.84 Å². The third-order valence-electron chi connectivity index (χ3n) is 3.46. The molecule has 0 aliphatic heterocycles. The second-order valence-electron chi connectivity index (χ2n) is 5.55. The quantitative estimate of drug-likeness (QED) is 0.574. The fraction of sp³-hybridized carbons (Fsp3) is 0.222. The van der Waals surface area contributed by atoms with E-state index in [9.17, 15) is 18.0 Å². The van der Waals surface area contributed by atoms with Crippen molar-refractivity contribution in [3.63, 3.8) is 0 Å². The number of Topliss-reactive ketones (excluding diaryl/α,β-unsaturated/α-hetero) is 1. The summed E-state index contributed by atoms with van der Waals surface area (Å²) in [5.41, 5.74) is 1.12. The lowest BCUT2D eigenvalue weighted by molar-refractivity contribution is -0.114. The van der Waals surface area contributed by atoms with Crippen LogP contribution in [0.1, 0.15) is 17.3 Å². The van der Waals surface area contributed by atoms with E-state index in [1.807, 2.05) is 6.26 Å². The SMILES string of the molecule is CSc1cc(C(=O)COc2ccc(S(C)(=O)=O)cc2)ccc1NC(C)=O. The number of rotatable bonds is 7. The van der Waals surface area contributed by atoms with Crippen LogP contribution in [0.25, 0.3) is 0 Å². The molecule has 0 radical (unpaired) electrons. The molecule has 1 N–H and O–H groups in total. The molecule has 0 aliphatic carbocycles.